The summed E-state index contributed by atoms with van der Waals surface area (Å²) in [6.45, 7) is 1.58. The first-order valence-electron chi connectivity index (χ1n) is 9.74. The summed E-state index contributed by atoms with van der Waals surface area (Å²) < 4.78 is 6.96. The highest BCUT2D eigenvalue weighted by atomic mass is 32.1. The molecule has 1 amide bonds. The van der Waals surface area contributed by atoms with E-state index in [9.17, 15) is 4.79 Å². The zero-order valence-electron chi connectivity index (χ0n) is 15.5. The Morgan fingerprint density at radius 3 is 2.79 bits per heavy atom. The highest BCUT2D eigenvalue weighted by Gasteiger charge is 2.27. The van der Waals surface area contributed by atoms with Crippen molar-refractivity contribution in [1.82, 2.24) is 14.9 Å². The summed E-state index contributed by atoms with van der Waals surface area (Å²) in [4.78, 5) is 24.0. The molecule has 0 saturated carbocycles. The summed E-state index contributed by atoms with van der Waals surface area (Å²) in [6, 6.07) is 15.9. The molecular weight excluding hydrogens is 370 g/mol. The van der Waals surface area contributed by atoms with Gasteiger partial charge in [-0.25, -0.2) is 9.97 Å². The third-order valence-corrected chi connectivity index (χ3v) is 6.52. The van der Waals surface area contributed by atoms with Crippen LogP contribution in [-0.4, -0.2) is 33.9 Å². The lowest BCUT2D eigenvalue weighted by Gasteiger charge is -2.31. The van der Waals surface area contributed by atoms with E-state index < -0.39 is 0 Å². The molecule has 5 rings (SSSR count). The highest BCUT2D eigenvalue weighted by Crippen LogP contribution is 2.33. The third kappa shape index (κ3) is 3.40. The quantitative estimate of drug-likeness (QED) is 0.502. The van der Waals surface area contributed by atoms with E-state index in [1.165, 1.54) is 4.70 Å². The minimum absolute atomic E-state index is 0.174. The smallest absolute Gasteiger partial charge is 0.223 e. The van der Waals surface area contributed by atoms with Gasteiger partial charge in [0.1, 0.15) is 5.52 Å². The minimum atomic E-state index is 0.174. The Balaban J connectivity index is 1.24. The number of thiazole rings is 1. The number of piperidine rings is 1. The number of oxazole rings is 1. The summed E-state index contributed by atoms with van der Waals surface area (Å²) >= 11 is 1.76. The Morgan fingerprint density at radius 1 is 1.11 bits per heavy atom. The molecule has 1 aliphatic rings. The fourth-order valence-corrected chi connectivity index (χ4v) is 4.96. The second-order valence-electron chi connectivity index (χ2n) is 7.27. The lowest BCUT2D eigenvalue weighted by molar-refractivity contribution is -0.132. The summed E-state index contributed by atoms with van der Waals surface area (Å²) in [5.74, 6) is 1.14. The predicted molar refractivity (Wildman–Crippen MR) is 111 cm³/mol. The summed E-state index contributed by atoms with van der Waals surface area (Å²) in [7, 11) is 0. The normalized spacial score (nSPS) is 17.4. The van der Waals surface area contributed by atoms with E-state index in [1.54, 1.807) is 11.3 Å². The number of hydrogen-bond donors (Lipinski definition) is 0. The molecule has 1 fully saturated rings. The van der Waals surface area contributed by atoms with Crippen LogP contribution >= 0.6 is 11.3 Å². The number of hydrogen-bond acceptors (Lipinski definition) is 5. The van der Waals surface area contributed by atoms with Crippen molar-refractivity contribution >= 4 is 38.6 Å². The number of para-hydroxylation sites is 3. The number of carbonyl (C=O) groups is 1. The van der Waals surface area contributed by atoms with E-state index in [1.807, 2.05) is 41.3 Å². The maximum absolute atomic E-state index is 12.8. The van der Waals surface area contributed by atoms with Crippen molar-refractivity contribution in [2.75, 3.05) is 13.1 Å². The van der Waals surface area contributed by atoms with Crippen molar-refractivity contribution in [3.8, 4) is 0 Å². The SMILES string of the molecule is O=C(CCc1nc2ccccc2o1)N1CCCC(c2nc3ccccc3s2)C1. The molecular formula is C22H21N3O2S. The van der Waals surface area contributed by atoms with Crippen LogP contribution < -0.4 is 0 Å². The number of aryl methyl sites for hydroxylation is 1. The van der Waals surface area contributed by atoms with Crippen molar-refractivity contribution in [2.45, 2.75) is 31.6 Å². The molecule has 142 valence electrons. The van der Waals surface area contributed by atoms with Crippen molar-refractivity contribution in [3.63, 3.8) is 0 Å². The van der Waals surface area contributed by atoms with Gasteiger partial charge in [0, 0.05) is 31.8 Å². The summed E-state index contributed by atoms with van der Waals surface area (Å²) in [5, 5.41) is 1.15. The molecule has 4 aromatic rings. The number of nitrogens with zero attached hydrogens (tertiary/aromatic N) is 3. The number of benzene rings is 2. The second-order valence-corrected chi connectivity index (χ2v) is 8.34. The van der Waals surface area contributed by atoms with Gasteiger partial charge in [-0.3, -0.25) is 4.79 Å². The minimum Gasteiger partial charge on any atom is -0.441 e. The molecule has 1 saturated heterocycles. The molecule has 0 N–H and O–H groups in total. The molecule has 1 unspecified atom stereocenters. The Morgan fingerprint density at radius 2 is 1.93 bits per heavy atom. The van der Waals surface area contributed by atoms with Gasteiger partial charge in [0.05, 0.1) is 15.2 Å². The van der Waals surface area contributed by atoms with Crippen LogP contribution in [0.3, 0.4) is 0 Å². The van der Waals surface area contributed by atoms with Crippen molar-refractivity contribution < 1.29 is 9.21 Å². The van der Waals surface area contributed by atoms with Crippen LogP contribution in [0.25, 0.3) is 21.3 Å². The number of likely N-dealkylation sites (tertiary alicyclic amines) is 1. The average Bonchev–Trinajstić information content (AvgIpc) is 3.35. The van der Waals surface area contributed by atoms with Crippen LogP contribution in [-0.2, 0) is 11.2 Å². The van der Waals surface area contributed by atoms with Gasteiger partial charge < -0.3 is 9.32 Å². The Labute approximate surface area is 167 Å². The Bertz CT molecular complexity index is 1070. The highest BCUT2D eigenvalue weighted by molar-refractivity contribution is 7.18. The molecule has 0 aliphatic carbocycles. The molecule has 1 aliphatic heterocycles. The van der Waals surface area contributed by atoms with Gasteiger partial charge in [-0.05, 0) is 37.1 Å². The van der Waals surface area contributed by atoms with E-state index in [2.05, 4.69) is 17.1 Å². The third-order valence-electron chi connectivity index (χ3n) is 5.32. The number of carbonyl (C=O) groups excluding carboxylic acids is 1. The van der Waals surface area contributed by atoms with E-state index in [0.717, 1.165) is 47.6 Å². The maximum atomic E-state index is 12.8. The summed E-state index contributed by atoms with van der Waals surface area (Å²) in [6.07, 6.45) is 3.08. The molecule has 0 radical (unpaired) electrons. The van der Waals surface area contributed by atoms with Crippen molar-refractivity contribution in [3.05, 3.63) is 59.4 Å². The molecule has 0 spiro atoms. The molecule has 2 aromatic heterocycles. The van der Waals surface area contributed by atoms with Crippen LogP contribution in [0.4, 0.5) is 0 Å². The van der Waals surface area contributed by atoms with E-state index in [4.69, 9.17) is 9.40 Å². The van der Waals surface area contributed by atoms with Crippen molar-refractivity contribution in [1.29, 1.82) is 0 Å². The molecule has 3 heterocycles. The van der Waals surface area contributed by atoms with Gasteiger partial charge in [0.2, 0.25) is 5.91 Å². The van der Waals surface area contributed by atoms with Crippen molar-refractivity contribution in [2.24, 2.45) is 0 Å². The Kier molecular flexibility index (Phi) is 4.56. The fraction of sp³-hybridized carbons (Fsp3) is 0.318. The van der Waals surface area contributed by atoms with Gasteiger partial charge >= 0.3 is 0 Å². The van der Waals surface area contributed by atoms with Gasteiger partial charge in [-0.1, -0.05) is 24.3 Å². The molecule has 2 aromatic carbocycles. The first-order chi connectivity index (χ1) is 13.8. The van der Waals surface area contributed by atoms with Gasteiger partial charge in [0.25, 0.3) is 0 Å². The monoisotopic (exact) mass is 391 g/mol. The zero-order valence-corrected chi connectivity index (χ0v) is 16.3. The Hall–Kier alpha value is -2.73. The number of fused-ring (bicyclic) bond motifs is 2. The van der Waals surface area contributed by atoms with Gasteiger partial charge in [-0.2, -0.15) is 0 Å². The van der Waals surface area contributed by atoms with Gasteiger partial charge in [-0.15, -0.1) is 11.3 Å². The van der Waals surface area contributed by atoms with Crippen LogP contribution in [0, 0.1) is 0 Å². The predicted octanol–water partition coefficient (Wildman–Crippen LogP) is 4.78. The number of rotatable bonds is 4. The molecule has 6 heteroatoms. The zero-order chi connectivity index (χ0) is 18.9. The van der Waals surface area contributed by atoms with Gasteiger partial charge in [0.15, 0.2) is 11.5 Å². The van der Waals surface area contributed by atoms with E-state index in [0.29, 0.717) is 24.7 Å². The second kappa shape index (κ2) is 7.36. The van der Waals surface area contributed by atoms with E-state index >= 15 is 0 Å². The largest absolute Gasteiger partial charge is 0.441 e. The molecule has 1 atom stereocenters. The molecule has 28 heavy (non-hydrogen) atoms. The first kappa shape index (κ1) is 17.4. The first-order valence-corrected chi connectivity index (χ1v) is 10.6. The molecule has 0 bridgehead atoms. The van der Waals surface area contributed by atoms with Crippen LogP contribution in [0.15, 0.2) is 52.9 Å². The van der Waals surface area contributed by atoms with Crippen LogP contribution in [0.2, 0.25) is 0 Å². The number of amides is 1. The topological polar surface area (TPSA) is 59.2 Å². The standard InChI is InChI=1S/C22H21N3O2S/c26-21(12-11-20-23-16-7-1-3-9-18(16)27-20)25-13-5-6-15(14-25)22-24-17-8-2-4-10-19(17)28-22/h1-4,7-10,15H,5-6,11-14H2. The lowest BCUT2D eigenvalue weighted by atomic mass is 9.98. The molecule has 5 nitrogen and oxygen atoms in total. The number of aromatic nitrogens is 2. The van der Waals surface area contributed by atoms with Crippen LogP contribution in [0.5, 0.6) is 0 Å². The fourth-order valence-electron chi connectivity index (χ4n) is 3.87. The average molecular weight is 391 g/mol. The van der Waals surface area contributed by atoms with Crippen LogP contribution in [0.1, 0.15) is 36.1 Å². The summed E-state index contributed by atoms with van der Waals surface area (Å²) in [5.41, 5.74) is 2.68. The van der Waals surface area contributed by atoms with E-state index in [-0.39, 0.29) is 5.91 Å². The maximum Gasteiger partial charge on any atom is 0.223 e. The lowest BCUT2D eigenvalue weighted by Crippen LogP contribution is -2.39.